The second-order valence-corrected chi connectivity index (χ2v) is 6.59. The van der Waals surface area contributed by atoms with Crippen molar-refractivity contribution in [3.8, 4) is 5.75 Å². The molecule has 5 nitrogen and oxygen atoms in total. The summed E-state index contributed by atoms with van der Waals surface area (Å²) in [6.07, 6.45) is 4.73. The van der Waals surface area contributed by atoms with Crippen LogP contribution < -0.4 is 4.74 Å². The van der Waals surface area contributed by atoms with E-state index in [1.165, 1.54) is 0 Å². The molecule has 124 valence electrons. The predicted molar refractivity (Wildman–Crippen MR) is 85.7 cm³/mol. The van der Waals surface area contributed by atoms with E-state index in [9.17, 15) is 14.7 Å². The fourth-order valence-corrected chi connectivity index (χ4v) is 4.11. The number of likely N-dealkylation sites (tertiary alicyclic amines) is 1. The van der Waals surface area contributed by atoms with E-state index in [4.69, 9.17) is 4.74 Å². The molecule has 0 bridgehead atoms. The second-order valence-electron chi connectivity index (χ2n) is 6.59. The van der Waals surface area contributed by atoms with Crippen LogP contribution in [0.25, 0.3) is 0 Å². The number of carbonyl (C=O) groups is 2. The van der Waals surface area contributed by atoms with Gasteiger partial charge < -0.3 is 14.7 Å². The summed E-state index contributed by atoms with van der Waals surface area (Å²) < 4.78 is 5.18. The Morgan fingerprint density at radius 3 is 2.65 bits per heavy atom. The lowest BCUT2D eigenvalue weighted by Gasteiger charge is -2.33. The molecule has 1 aliphatic heterocycles. The zero-order valence-electron chi connectivity index (χ0n) is 13.6. The normalized spacial score (nSPS) is 26.7. The molecule has 0 spiro atoms. The van der Waals surface area contributed by atoms with Gasteiger partial charge in [0.2, 0.25) is 0 Å². The van der Waals surface area contributed by atoms with Gasteiger partial charge in [-0.15, -0.1) is 0 Å². The maximum atomic E-state index is 13.1. The number of rotatable bonds is 3. The van der Waals surface area contributed by atoms with Crippen molar-refractivity contribution < 1.29 is 19.4 Å². The Hall–Kier alpha value is -2.04. The average molecular weight is 317 g/mol. The average Bonchev–Trinajstić information content (AvgIpc) is 2.93. The summed E-state index contributed by atoms with van der Waals surface area (Å²) in [6, 6.07) is 4.68. The number of aliphatic carboxylic acids is 1. The van der Waals surface area contributed by atoms with Crippen molar-refractivity contribution in [3.05, 3.63) is 29.3 Å². The molecule has 1 aromatic rings. The molecule has 2 aliphatic rings. The van der Waals surface area contributed by atoms with Crippen LogP contribution in [0.15, 0.2) is 18.2 Å². The lowest BCUT2D eigenvalue weighted by Crippen LogP contribution is -2.46. The first-order chi connectivity index (χ1) is 11.0. The van der Waals surface area contributed by atoms with Gasteiger partial charge in [0.1, 0.15) is 11.8 Å². The molecule has 3 rings (SSSR count). The molecule has 2 fully saturated rings. The summed E-state index contributed by atoms with van der Waals surface area (Å²) in [5.74, 6) is -0.0241. The fraction of sp³-hybridized carbons (Fsp3) is 0.556. The third-order valence-corrected chi connectivity index (χ3v) is 5.27. The molecular formula is C18H23NO4. The topological polar surface area (TPSA) is 66.8 Å². The van der Waals surface area contributed by atoms with Crippen molar-refractivity contribution in [3.63, 3.8) is 0 Å². The Labute approximate surface area is 136 Å². The van der Waals surface area contributed by atoms with E-state index in [1.54, 1.807) is 24.1 Å². The van der Waals surface area contributed by atoms with Gasteiger partial charge in [0, 0.05) is 11.6 Å². The zero-order valence-corrected chi connectivity index (χ0v) is 13.6. The van der Waals surface area contributed by atoms with E-state index in [-0.39, 0.29) is 11.9 Å². The summed E-state index contributed by atoms with van der Waals surface area (Å²) in [5.41, 5.74) is 1.39. The molecule has 1 saturated carbocycles. The number of nitrogens with zero attached hydrogens (tertiary/aromatic N) is 1. The fourth-order valence-electron chi connectivity index (χ4n) is 4.11. The number of aryl methyl sites for hydroxylation is 1. The Balaban J connectivity index is 1.93. The van der Waals surface area contributed by atoms with Gasteiger partial charge in [-0.1, -0.05) is 12.8 Å². The summed E-state index contributed by atoms with van der Waals surface area (Å²) in [4.78, 5) is 26.4. The largest absolute Gasteiger partial charge is 0.497 e. The van der Waals surface area contributed by atoms with Gasteiger partial charge in [-0.2, -0.15) is 0 Å². The minimum absolute atomic E-state index is 0.0684. The third kappa shape index (κ3) is 2.80. The molecule has 3 atom stereocenters. The van der Waals surface area contributed by atoms with Gasteiger partial charge in [-0.25, -0.2) is 4.79 Å². The molecule has 1 aromatic carbocycles. The third-order valence-electron chi connectivity index (χ3n) is 5.27. The number of fused-ring (bicyclic) bond motifs is 1. The summed E-state index contributed by atoms with van der Waals surface area (Å²) in [5, 5.41) is 9.56. The van der Waals surface area contributed by atoms with Crippen molar-refractivity contribution in [2.24, 2.45) is 5.92 Å². The van der Waals surface area contributed by atoms with Crippen molar-refractivity contribution in [2.75, 3.05) is 7.11 Å². The van der Waals surface area contributed by atoms with Gasteiger partial charge in [-0.05, 0) is 55.9 Å². The van der Waals surface area contributed by atoms with E-state index >= 15 is 0 Å². The molecule has 1 N–H and O–H groups in total. The van der Waals surface area contributed by atoms with E-state index < -0.39 is 12.0 Å². The Morgan fingerprint density at radius 1 is 1.26 bits per heavy atom. The van der Waals surface area contributed by atoms with Crippen molar-refractivity contribution >= 4 is 11.9 Å². The number of benzene rings is 1. The number of carboxylic acids is 1. The van der Waals surface area contributed by atoms with Gasteiger partial charge in [0.05, 0.1) is 7.11 Å². The summed E-state index contributed by atoms with van der Waals surface area (Å²) in [6.45, 7) is 1.86. The minimum Gasteiger partial charge on any atom is -0.497 e. The molecule has 0 radical (unpaired) electrons. The quantitative estimate of drug-likeness (QED) is 0.931. The lowest BCUT2D eigenvalue weighted by atomic mass is 9.84. The standard InChI is InChI=1S/C18H23NO4/c1-11-9-13(23-2)7-8-14(11)17(20)19-15-6-4-3-5-12(15)10-16(19)18(21)22/h7-9,12,15-16H,3-6,10H2,1-2H3,(H,21,22). The SMILES string of the molecule is COc1ccc(C(=O)N2C(C(=O)O)CC3CCCCC32)c(C)c1. The number of hydrogen-bond acceptors (Lipinski definition) is 3. The van der Waals surface area contributed by atoms with Crippen LogP contribution in [0.2, 0.25) is 0 Å². The summed E-state index contributed by atoms with van der Waals surface area (Å²) in [7, 11) is 1.59. The number of hydrogen-bond donors (Lipinski definition) is 1. The van der Waals surface area contributed by atoms with Crippen LogP contribution >= 0.6 is 0 Å². The van der Waals surface area contributed by atoms with Crippen LogP contribution in [0.5, 0.6) is 5.75 Å². The first-order valence-electron chi connectivity index (χ1n) is 8.23. The van der Waals surface area contributed by atoms with Crippen LogP contribution in [-0.2, 0) is 4.79 Å². The van der Waals surface area contributed by atoms with Crippen LogP contribution in [0.3, 0.4) is 0 Å². The van der Waals surface area contributed by atoms with Gasteiger partial charge in [-0.3, -0.25) is 4.79 Å². The van der Waals surface area contributed by atoms with Crippen molar-refractivity contribution in [1.82, 2.24) is 4.90 Å². The molecule has 1 aliphatic carbocycles. The highest BCUT2D eigenvalue weighted by Crippen LogP contribution is 2.40. The molecule has 1 amide bonds. The van der Waals surface area contributed by atoms with Crippen LogP contribution in [-0.4, -0.2) is 41.1 Å². The number of methoxy groups -OCH3 is 1. The summed E-state index contributed by atoms with van der Waals surface area (Å²) >= 11 is 0. The lowest BCUT2D eigenvalue weighted by molar-refractivity contribution is -0.141. The highest BCUT2D eigenvalue weighted by molar-refractivity contribution is 5.98. The highest BCUT2D eigenvalue weighted by Gasteiger charge is 2.47. The van der Waals surface area contributed by atoms with Crippen molar-refractivity contribution in [1.29, 1.82) is 0 Å². The monoisotopic (exact) mass is 317 g/mol. The second kappa shape index (κ2) is 6.22. The molecular weight excluding hydrogens is 294 g/mol. The Bertz CT molecular complexity index is 627. The van der Waals surface area contributed by atoms with E-state index in [2.05, 4.69) is 0 Å². The molecule has 1 saturated heterocycles. The highest BCUT2D eigenvalue weighted by atomic mass is 16.5. The van der Waals surface area contributed by atoms with E-state index in [1.807, 2.05) is 13.0 Å². The van der Waals surface area contributed by atoms with Crippen LogP contribution in [0.4, 0.5) is 0 Å². The molecule has 1 heterocycles. The van der Waals surface area contributed by atoms with E-state index in [0.717, 1.165) is 31.2 Å². The van der Waals surface area contributed by atoms with Crippen molar-refractivity contribution in [2.45, 2.75) is 51.1 Å². The first kappa shape index (κ1) is 15.8. The minimum atomic E-state index is -0.890. The van der Waals surface area contributed by atoms with Gasteiger partial charge in [0.15, 0.2) is 0 Å². The van der Waals surface area contributed by atoms with E-state index in [0.29, 0.717) is 23.7 Å². The zero-order chi connectivity index (χ0) is 16.6. The number of amides is 1. The van der Waals surface area contributed by atoms with Crippen LogP contribution in [0.1, 0.15) is 48.0 Å². The predicted octanol–water partition coefficient (Wildman–Crippen LogP) is 2.86. The smallest absolute Gasteiger partial charge is 0.326 e. The van der Waals surface area contributed by atoms with Gasteiger partial charge >= 0.3 is 5.97 Å². The number of ether oxygens (including phenoxy) is 1. The Kier molecular flexibility index (Phi) is 4.28. The first-order valence-corrected chi connectivity index (χ1v) is 8.23. The molecule has 3 unspecified atom stereocenters. The number of carboxylic acid groups (broad SMARTS) is 1. The van der Waals surface area contributed by atoms with Crippen LogP contribution in [0, 0.1) is 12.8 Å². The molecule has 5 heteroatoms. The van der Waals surface area contributed by atoms with Gasteiger partial charge in [0.25, 0.3) is 5.91 Å². The maximum Gasteiger partial charge on any atom is 0.326 e. The molecule has 23 heavy (non-hydrogen) atoms. The Morgan fingerprint density at radius 2 is 2.00 bits per heavy atom. The maximum absolute atomic E-state index is 13.1. The number of carbonyl (C=O) groups excluding carboxylic acids is 1. The molecule has 0 aromatic heterocycles.